The van der Waals surface area contributed by atoms with E-state index in [-0.39, 0.29) is 12.4 Å². The van der Waals surface area contributed by atoms with Crippen LogP contribution in [0.25, 0.3) is 0 Å². The molecule has 0 radical (unpaired) electrons. The summed E-state index contributed by atoms with van der Waals surface area (Å²) < 4.78 is 0. The maximum absolute atomic E-state index is 4.67. The van der Waals surface area contributed by atoms with E-state index in [1.807, 2.05) is 6.21 Å². The predicted octanol–water partition coefficient (Wildman–Crippen LogP) is 1.83. The molecule has 0 unspecified atom stereocenters. The van der Waals surface area contributed by atoms with Gasteiger partial charge in [-0.25, -0.2) is 0 Å². The zero-order chi connectivity index (χ0) is 9.10. The van der Waals surface area contributed by atoms with Gasteiger partial charge in [-0.2, -0.15) is 0 Å². The molecule has 14 heavy (non-hydrogen) atoms. The Hall–Kier alpha value is -0.540. The van der Waals surface area contributed by atoms with Gasteiger partial charge in [0.1, 0.15) is 7.11 Å². The van der Waals surface area contributed by atoms with Gasteiger partial charge in [0.2, 0.25) is 0 Å². The Balaban J connectivity index is 0.000000980. The van der Waals surface area contributed by atoms with Crippen LogP contribution in [0.15, 0.2) is 16.8 Å². The van der Waals surface area contributed by atoms with E-state index < -0.39 is 0 Å². The minimum atomic E-state index is 0. The SMILES string of the molecule is CO/N=C/C1=CCCN(C2CC2)C1.Cl. The summed E-state index contributed by atoms with van der Waals surface area (Å²) in [7, 11) is 1.58. The molecule has 1 aliphatic carbocycles. The van der Waals surface area contributed by atoms with E-state index in [0.29, 0.717) is 0 Å². The Morgan fingerprint density at radius 3 is 3.00 bits per heavy atom. The monoisotopic (exact) mass is 216 g/mol. The van der Waals surface area contributed by atoms with Crippen molar-refractivity contribution in [1.29, 1.82) is 0 Å². The van der Waals surface area contributed by atoms with E-state index in [1.165, 1.54) is 25.0 Å². The minimum absolute atomic E-state index is 0. The molecule has 0 N–H and O–H groups in total. The van der Waals surface area contributed by atoms with E-state index in [0.717, 1.165) is 19.0 Å². The number of halogens is 1. The Morgan fingerprint density at radius 2 is 2.36 bits per heavy atom. The predicted molar refractivity (Wildman–Crippen MR) is 60.0 cm³/mol. The Bertz CT molecular complexity index is 236. The fraction of sp³-hybridized carbons (Fsp3) is 0.700. The summed E-state index contributed by atoms with van der Waals surface area (Å²) in [4.78, 5) is 7.20. The summed E-state index contributed by atoms with van der Waals surface area (Å²) in [6, 6.07) is 0.861. The van der Waals surface area contributed by atoms with Gasteiger partial charge in [-0.3, -0.25) is 4.90 Å². The lowest BCUT2D eigenvalue weighted by molar-refractivity contribution is 0.214. The summed E-state index contributed by atoms with van der Waals surface area (Å²) in [5.74, 6) is 0. The Labute approximate surface area is 91.2 Å². The minimum Gasteiger partial charge on any atom is -0.399 e. The average Bonchev–Trinajstić information content (AvgIpc) is 2.98. The first-order chi connectivity index (χ1) is 6.40. The smallest absolute Gasteiger partial charge is 0.106 e. The zero-order valence-corrected chi connectivity index (χ0v) is 9.30. The molecule has 1 heterocycles. The maximum Gasteiger partial charge on any atom is 0.106 e. The highest BCUT2D eigenvalue weighted by molar-refractivity contribution is 5.85. The number of hydrogen-bond acceptors (Lipinski definition) is 3. The summed E-state index contributed by atoms with van der Waals surface area (Å²) in [5, 5.41) is 3.79. The van der Waals surface area contributed by atoms with Gasteiger partial charge in [0, 0.05) is 19.1 Å². The normalized spacial score (nSPS) is 23.1. The molecule has 0 aromatic rings. The molecule has 4 heteroatoms. The summed E-state index contributed by atoms with van der Waals surface area (Å²) >= 11 is 0. The highest BCUT2D eigenvalue weighted by atomic mass is 35.5. The van der Waals surface area contributed by atoms with Gasteiger partial charge >= 0.3 is 0 Å². The van der Waals surface area contributed by atoms with Gasteiger partial charge in [-0.1, -0.05) is 11.2 Å². The highest BCUT2D eigenvalue weighted by Gasteiger charge is 2.29. The third-order valence-corrected chi connectivity index (χ3v) is 2.60. The molecule has 80 valence electrons. The lowest BCUT2D eigenvalue weighted by Crippen LogP contribution is -2.32. The fourth-order valence-electron chi connectivity index (χ4n) is 1.76. The first kappa shape index (κ1) is 11.5. The van der Waals surface area contributed by atoms with Gasteiger partial charge in [-0.15, -0.1) is 12.4 Å². The molecular formula is C10H17ClN2O. The van der Waals surface area contributed by atoms with Crippen molar-refractivity contribution in [3.63, 3.8) is 0 Å². The van der Waals surface area contributed by atoms with Crippen LogP contribution in [-0.2, 0) is 4.84 Å². The molecule has 2 rings (SSSR count). The lowest BCUT2D eigenvalue weighted by Gasteiger charge is -2.25. The molecule has 0 aromatic heterocycles. The fourth-order valence-corrected chi connectivity index (χ4v) is 1.76. The van der Waals surface area contributed by atoms with Crippen molar-refractivity contribution < 1.29 is 4.84 Å². The van der Waals surface area contributed by atoms with Crippen LogP contribution in [0.1, 0.15) is 19.3 Å². The lowest BCUT2D eigenvalue weighted by atomic mass is 10.1. The summed E-state index contributed by atoms with van der Waals surface area (Å²) in [6.07, 6.45) is 8.00. The van der Waals surface area contributed by atoms with Gasteiger partial charge in [0.15, 0.2) is 0 Å². The van der Waals surface area contributed by atoms with Gasteiger partial charge in [0.25, 0.3) is 0 Å². The van der Waals surface area contributed by atoms with E-state index >= 15 is 0 Å². The van der Waals surface area contributed by atoms with Crippen LogP contribution in [0.5, 0.6) is 0 Å². The van der Waals surface area contributed by atoms with Crippen LogP contribution >= 0.6 is 12.4 Å². The molecule has 0 saturated heterocycles. The highest BCUT2D eigenvalue weighted by Crippen LogP contribution is 2.28. The van der Waals surface area contributed by atoms with Crippen molar-refractivity contribution in [3.8, 4) is 0 Å². The van der Waals surface area contributed by atoms with E-state index in [1.54, 1.807) is 7.11 Å². The van der Waals surface area contributed by atoms with Crippen molar-refractivity contribution >= 4 is 18.6 Å². The average molecular weight is 217 g/mol. The number of rotatable bonds is 3. The second-order valence-corrected chi connectivity index (χ2v) is 3.69. The molecule has 0 spiro atoms. The van der Waals surface area contributed by atoms with E-state index in [2.05, 4.69) is 21.0 Å². The van der Waals surface area contributed by atoms with Crippen molar-refractivity contribution in [2.75, 3.05) is 20.2 Å². The second kappa shape index (κ2) is 5.37. The van der Waals surface area contributed by atoms with Gasteiger partial charge in [0.05, 0.1) is 6.21 Å². The molecule has 1 fully saturated rings. The van der Waals surface area contributed by atoms with Gasteiger partial charge in [-0.05, 0) is 24.8 Å². The Kier molecular flexibility index (Phi) is 4.42. The molecule has 3 nitrogen and oxygen atoms in total. The van der Waals surface area contributed by atoms with Crippen LogP contribution in [-0.4, -0.2) is 37.4 Å². The molecule has 0 atom stereocenters. The van der Waals surface area contributed by atoms with Crippen LogP contribution in [0, 0.1) is 0 Å². The summed E-state index contributed by atoms with van der Waals surface area (Å²) in [5.41, 5.74) is 1.29. The number of hydrogen-bond donors (Lipinski definition) is 0. The first-order valence-corrected chi connectivity index (χ1v) is 4.90. The molecule has 1 aliphatic heterocycles. The third kappa shape index (κ3) is 3.00. The molecule has 1 saturated carbocycles. The quantitative estimate of drug-likeness (QED) is 0.531. The molecule has 0 bridgehead atoms. The standard InChI is InChI=1S/C10H16N2O.ClH/c1-13-11-7-9-3-2-6-12(8-9)10-4-5-10;/h3,7,10H,2,4-6,8H2,1H3;1H/b11-7+;. The maximum atomic E-state index is 4.67. The number of oxime groups is 1. The topological polar surface area (TPSA) is 24.8 Å². The zero-order valence-electron chi connectivity index (χ0n) is 8.48. The van der Waals surface area contributed by atoms with Crippen molar-refractivity contribution in [1.82, 2.24) is 4.90 Å². The van der Waals surface area contributed by atoms with Crippen LogP contribution in [0.4, 0.5) is 0 Å². The van der Waals surface area contributed by atoms with Crippen molar-refractivity contribution in [2.45, 2.75) is 25.3 Å². The van der Waals surface area contributed by atoms with Crippen LogP contribution < -0.4 is 0 Å². The summed E-state index contributed by atoms with van der Waals surface area (Å²) in [6.45, 7) is 2.27. The van der Waals surface area contributed by atoms with E-state index in [4.69, 9.17) is 0 Å². The third-order valence-electron chi connectivity index (χ3n) is 2.60. The molecule has 0 amide bonds. The molecule has 0 aromatic carbocycles. The largest absolute Gasteiger partial charge is 0.399 e. The van der Waals surface area contributed by atoms with Crippen LogP contribution in [0.3, 0.4) is 0 Å². The van der Waals surface area contributed by atoms with Crippen molar-refractivity contribution in [3.05, 3.63) is 11.6 Å². The number of nitrogens with zero attached hydrogens (tertiary/aromatic N) is 2. The molecule has 2 aliphatic rings. The Morgan fingerprint density at radius 1 is 1.57 bits per heavy atom. The van der Waals surface area contributed by atoms with E-state index in [9.17, 15) is 0 Å². The molecular weight excluding hydrogens is 200 g/mol. The second-order valence-electron chi connectivity index (χ2n) is 3.69. The van der Waals surface area contributed by atoms with Gasteiger partial charge < -0.3 is 4.84 Å². The van der Waals surface area contributed by atoms with Crippen LogP contribution in [0.2, 0.25) is 0 Å². The van der Waals surface area contributed by atoms with Crippen molar-refractivity contribution in [2.24, 2.45) is 5.16 Å². The first-order valence-electron chi connectivity index (χ1n) is 4.90.